The molecular weight excluding hydrogens is 444 g/mol. The molecule has 0 spiro atoms. The Morgan fingerprint density at radius 3 is 2.31 bits per heavy atom. The Morgan fingerprint density at radius 2 is 1.66 bits per heavy atom. The van der Waals surface area contributed by atoms with E-state index in [9.17, 15) is 9.59 Å². The van der Waals surface area contributed by atoms with Crippen molar-refractivity contribution in [2.75, 3.05) is 26.2 Å². The van der Waals surface area contributed by atoms with E-state index in [0.29, 0.717) is 42.5 Å². The second-order valence-corrected chi connectivity index (χ2v) is 8.98. The standard InChI is InChI=1S/C24H23ClN4O2S/c1-17(30)28-11-13-29(14-12-28)24(31)20-4-2-3-18(15-20)16-32-23-10-9-22(26-27-23)19-5-7-21(25)8-6-19/h2-10,15H,11-14,16H2,1H3. The van der Waals surface area contributed by atoms with Crippen molar-refractivity contribution < 1.29 is 9.59 Å². The number of thioether (sulfide) groups is 1. The quantitative estimate of drug-likeness (QED) is 0.521. The number of carbonyl (C=O) groups is 2. The number of hydrogen-bond acceptors (Lipinski definition) is 5. The normalized spacial score (nSPS) is 13.8. The maximum atomic E-state index is 12.9. The van der Waals surface area contributed by atoms with Crippen LogP contribution in [0, 0.1) is 0 Å². The topological polar surface area (TPSA) is 66.4 Å². The highest BCUT2D eigenvalue weighted by Crippen LogP contribution is 2.24. The number of amides is 2. The molecular formula is C24H23ClN4O2S. The van der Waals surface area contributed by atoms with Crippen LogP contribution in [0.25, 0.3) is 11.3 Å². The van der Waals surface area contributed by atoms with Gasteiger partial charge in [0.15, 0.2) is 0 Å². The van der Waals surface area contributed by atoms with E-state index in [1.54, 1.807) is 23.6 Å². The molecule has 4 rings (SSSR count). The molecule has 0 atom stereocenters. The van der Waals surface area contributed by atoms with Gasteiger partial charge in [0.1, 0.15) is 5.03 Å². The summed E-state index contributed by atoms with van der Waals surface area (Å²) in [4.78, 5) is 28.0. The molecule has 0 bridgehead atoms. The molecule has 0 N–H and O–H groups in total. The molecule has 0 radical (unpaired) electrons. The first kappa shape index (κ1) is 22.3. The van der Waals surface area contributed by atoms with Crippen LogP contribution in [0.2, 0.25) is 5.02 Å². The van der Waals surface area contributed by atoms with Crippen molar-refractivity contribution >= 4 is 35.2 Å². The van der Waals surface area contributed by atoms with Gasteiger partial charge in [-0.25, -0.2) is 0 Å². The van der Waals surface area contributed by atoms with Gasteiger partial charge in [-0.3, -0.25) is 9.59 Å². The zero-order chi connectivity index (χ0) is 22.5. The second-order valence-electron chi connectivity index (χ2n) is 7.55. The lowest BCUT2D eigenvalue weighted by molar-refractivity contribution is -0.130. The number of aromatic nitrogens is 2. The molecule has 0 unspecified atom stereocenters. The number of halogens is 1. The summed E-state index contributed by atoms with van der Waals surface area (Å²) in [6.07, 6.45) is 0. The van der Waals surface area contributed by atoms with Crippen molar-refractivity contribution in [3.63, 3.8) is 0 Å². The highest BCUT2D eigenvalue weighted by atomic mass is 35.5. The molecule has 32 heavy (non-hydrogen) atoms. The van der Waals surface area contributed by atoms with Crippen molar-refractivity contribution in [1.82, 2.24) is 20.0 Å². The summed E-state index contributed by atoms with van der Waals surface area (Å²) in [6, 6.07) is 19.1. The zero-order valence-electron chi connectivity index (χ0n) is 17.7. The minimum absolute atomic E-state index is 0.00663. The molecule has 3 aromatic rings. The van der Waals surface area contributed by atoms with Crippen molar-refractivity contribution in [2.24, 2.45) is 0 Å². The lowest BCUT2D eigenvalue weighted by Crippen LogP contribution is -2.50. The minimum Gasteiger partial charge on any atom is -0.339 e. The molecule has 0 aliphatic carbocycles. The summed E-state index contributed by atoms with van der Waals surface area (Å²) in [7, 11) is 0. The first-order valence-electron chi connectivity index (χ1n) is 10.4. The van der Waals surface area contributed by atoms with Crippen LogP contribution >= 0.6 is 23.4 Å². The van der Waals surface area contributed by atoms with Gasteiger partial charge in [-0.2, -0.15) is 0 Å². The number of rotatable bonds is 5. The summed E-state index contributed by atoms with van der Waals surface area (Å²) < 4.78 is 0. The Hall–Kier alpha value is -2.90. The van der Waals surface area contributed by atoms with Gasteiger partial charge in [-0.05, 0) is 42.0 Å². The number of hydrogen-bond donors (Lipinski definition) is 0. The molecule has 1 aliphatic rings. The fourth-order valence-electron chi connectivity index (χ4n) is 3.53. The largest absolute Gasteiger partial charge is 0.339 e. The summed E-state index contributed by atoms with van der Waals surface area (Å²) >= 11 is 7.51. The van der Waals surface area contributed by atoms with Gasteiger partial charge < -0.3 is 9.80 Å². The van der Waals surface area contributed by atoms with E-state index >= 15 is 0 Å². The average molecular weight is 467 g/mol. The molecule has 2 amide bonds. The molecule has 1 aromatic heterocycles. The third-order valence-corrected chi connectivity index (χ3v) is 6.60. The molecule has 0 saturated carbocycles. The summed E-state index contributed by atoms with van der Waals surface area (Å²) in [5, 5.41) is 10.1. The third kappa shape index (κ3) is 5.47. The number of benzene rings is 2. The molecule has 1 aliphatic heterocycles. The van der Waals surface area contributed by atoms with Crippen LogP contribution in [0.4, 0.5) is 0 Å². The molecule has 8 heteroatoms. The van der Waals surface area contributed by atoms with Crippen LogP contribution in [0.1, 0.15) is 22.8 Å². The van der Waals surface area contributed by atoms with Crippen LogP contribution in [-0.2, 0) is 10.5 Å². The lowest BCUT2D eigenvalue weighted by atomic mass is 10.1. The Kier molecular flexibility index (Phi) is 7.07. The van der Waals surface area contributed by atoms with Gasteiger partial charge in [0.05, 0.1) is 5.69 Å². The SMILES string of the molecule is CC(=O)N1CCN(C(=O)c2cccc(CSc3ccc(-c4ccc(Cl)cc4)nn3)c2)CC1. The van der Waals surface area contributed by atoms with Gasteiger partial charge in [0, 0.05) is 55.0 Å². The van der Waals surface area contributed by atoms with E-state index in [-0.39, 0.29) is 11.8 Å². The smallest absolute Gasteiger partial charge is 0.253 e. The van der Waals surface area contributed by atoms with Crippen molar-refractivity contribution in [3.8, 4) is 11.3 Å². The summed E-state index contributed by atoms with van der Waals surface area (Å²) in [5.74, 6) is 0.751. The monoisotopic (exact) mass is 466 g/mol. The van der Waals surface area contributed by atoms with Gasteiger partial charge in [0.25, 0.3) is 5.91 Å². The van der Waals surface area contributed by atoms with Crippen LogP contribution in [0.3, 0.4) is 0 Å². The highest BCUT2D eigenvalue weighted by Gasteiger charge is 2.23. The van der Waals surface area contributed by atoms with Gasteiger partial charge in [-0.1, -0.05) is 47.6 Å². The zero-order valence-corrected chi connectivity index (χ0v) is 19.3. The Balaban J connectivity index is 1.35. The summed E-state index contributed by atoms with van der Waals surface area (Å²) in [6.45, 7) is 3.86. The van der Waals surface area contributed by atoms with Gasteiger partial charge in [-0.15, -0.1) is 10.2 Å². The van der Waals surface area contributed by atoms with E-state index in [0.717, 1.165) is 21.8 Å². The fraction of sp³-hybridized carbons (Fsp3) is 0.250. The van der Waals surface area contributed by atoms with Gasteiger partial charge in [0.2, 0.25) is 5.91 Å². The minimum atomic E-state index is 0.00663. The molecule has 1 saturated heterocycles. The van der Waals surface area contributed by atoms with Crippen LogP contribution < -0.4 is 0 Å². The first-order chi connectivity index (χ1) is 15.5. The molecule has 1 fully saturated rings. The van der Waals surface area contributed by atoms with Crippen LogP contribution in [0.5, 0.6) is 0 Å². The predicted octanol–water partition coefficient (Wildman–Crippen LogP) is 4.39. The molecule has 164 valence electrons. The van der Waals surface area contributed by atoms with E-state index < -0.39 is 0 Å². The average Bonchev–Trinajstić information content (AvgIpc) is 2.83. The fourth-order valence-corrected chi connectivity index (χ4v) is 4.41. The maximum absolute atomic E-state index is 12.9. The Morgan fingerprint density at radius 1 is 0.938 bits per heavy atom. The maximum Gasteiger partial charge on any atom is 0.253 e. The predicted molar refractivity (Wildman–Crippen MR) is 127 cm³/mol. The lowest BCUT2D eigenvalue weighted by Gasteiger charge is -2.34. The van der Waals surface area contributed by atoms with Crippen molar-refractivity contribution in [2.45, 2.75) is 17.7 Å². The van der Waals surface area contributed by atoms with Crippen LogP contribution in [-0.4, -0.2) is 58.0 Å². The van der Waals surface area contributed by atoms with Gasteiger partial charge >= 0.3 is 0 Å². The number of nitrogens with zero attached hydrogens (tertiary/aromatic N) is 4. The van der Waals surface area contributed by atoms with E-state index in [1.165, 1.54) is 0 Å². The van der Waals surface area contributed by atoms with Crippen molar-refractivity contribution in [3.05, 3.63) is 76.8 Å². The summed E-state index contributed by atoms with van der Waals surface area (Å²) in [5.41, 5.74) is 3.48. The van der Waals surface area contributed by atoms with E-state index in [2.05, 4.69) is 10.2 Å². The van der Waals surface area contributed by atoms with Crippen molar-refractivity contribution in [1.29, 1.82) is 0 Å². The van der Waals surface area contributed by atoms with E-state index in [1.807, 2.05) is 65.6 Å². The third-order valence-electron chi connectivity index (χ3n) is 5.35. The molecule has 6 nitrogen and oxygen atoms in total. The Bertz CT molecular complexity index is 1100. The van der Waals surface area contributed by atoms with E-state index in [4.69, 9.17) is 11.6 Å². The number of carbonyl (C=O) groups excluding carboxylic acids is 2. The highest BCUT2D eigenvalue weighted by molar-refractivity contribution is 7.98. The molecule has 2 aromatic carbocycles. The Labute approximate surface area is 196 Å². The second kappa shape index (κ2) is 10.1. The molecule has 2 heterocycles. The number of piperazine rings is 1. The van der Waals surface area contributed by atoms with Crippen LogP contribution in [0.15, 0.2) is 65.7 Å². The first-order valence-corrected chi connectivity index (χ1v) is 11.7.